The summed E-state index contributed by atoms with van der Waals surface area (Å²) in [5.74, 6) is -0.215. The number of fused-ring (bicyclic) bond motifs is 2. The number of aromatic nitrogens is 4. The van der Waals surface area contributed by atoms with E-state index in [1.807, 2.05) is 9.58 Å². The first-order valence-corrected chi connectivity index (χ1v) is 8.05. The van der Waals surface area contributed by atoms with Gasteiger partial charge >= 0.3 is 0 Å². The van der Waals surface area contributed by atoms with E-state index in [2.05, 4.69) is 20.3 Å². The molecule has 0 bridgehead atoms. The SMILES string of the molecule is Cc1cc(F)c(C2=Nc3cn[nH]c3-c3cnn4c3N2CCC4)c(F)c1. The summed E-state index contributed by atoms with van der Waals surface area (Å²) in [5, 5.41) is 11.4. The molecule has 6 nitrogen and oxygen atoms in total. The maximum absolute atomic E-state index is 14.7. The van der Waals surface area contributed by atoms with Crippen LogP contribution in [-0.4, -0.2) is 32.4 Å². The summed E-state index contributed by atoms with van der Waals surface area (Å²) in [6.45, 7) is 3.02. The molecule has 4 heterocycles. The molecule has 25 heavy (non-hydrogen) atoms. The van der Waals surface area contributed by atoms with E-state index in [9.17, 15) is 8.78 Å². The van der Waals surface area contributed by atoms with Crippen molar-refractivity contribution < 1.29 is 8.78 Å². The highest BCUT2D eigenvalue weighted by molar-refractivity contribution is 6.14. The number of benzene rings is 1. The van der Waals surface area contributed by atoms with Crippen molar-refractivity contribution in [2.75, 3.05) is 11.4 Å². The zero-order valence-corrected chi connectivity index (χ0v) is 13.4. The summed E-state index contributed by atoms with van der Waals surface area (Å²) in [5.41, 5.74) is 2.48. The number of aryl methyl sites for hydroxylation is 2. The number of hydrogen-bond acceptors (Lipinski definition) is 4. The van der Waals surface area contributed by atoms with Crippen LogP contribution in [0.5, 0.6) is 0 Å². The zero-order chi connectivity index (χ0) is 17.1. The topological polar surface area (TPSA) is 62.1 Å². The van der Waals surface area contributed by atoms with Gasteiger partial charge in [0.2, 0.25) is 0 Å². The summed E-state index contributed by atoms with van der Waals surface area (Å²) >= 11 is 0. The minimum absolute atomic E-state index is 0.125. The van der Waals surface area contributed by atoms with Gasteiger partial charge in [-0.25, -0.2) is 18.5 Å². The third kappa shape index (κ3) is 1.97. The fraction of sp³-hybridized carbons (Fsp3) is 0.235. The van der Waals surface area contributed by atoms with Crippen LogP contribution in [0.3, 0.4) is 0 Å². The number of halogens is 2. The van der Waals surface area contributed by atoms with Crippen molar-refractivity contribution in [2.24, 2.45) is 4.99 Å². The van der Waals surface area contributed by atoms with E-state index in [4.69, 9.17) is 0 Å². The van der Waals surface area contributed by atoms with Crippen molar-refractivity contribution in [1.82, 2.24) is 20.0 Å². The lowest BCUT2D eigenvalue weighted by Gasteiger charge is -2.30. The molecule has 8 heteroatoms. The molecule has 3 aromatic rings. The summed E-state index contributed by atoms with van der Waals surface area (Å²) in [7, 11) is 0. The van der Waals surface area contributed by atoms with Crippen LogP contribution in [-0.2, 0) is 6.54 Å². The number of nitrogens with one attached hydrogen (secondary N) is 1. The molecule has 2 aromatic heterocycles. The molecule has 0 saturated carbocycles. The molecule has 2 aliphatic heterocycles. The highest BCUT2D eigenvalue weighted by Crippen LogP contribution is 2.41. The van der Waals surface area contributed by atoms with Gasteiger partial charge in [-0.05, 0) is 31.0 Å². The molecular formula is C17H14F2N6. The van der Waals surface area contributed by atoms with Gasteiger partial charge in [0, 0.05) is 13.1 Å². The average Bonchev–Trinajstić information content (AvgIpc) is 3.16. The van der Waals surface area contributed by atoms with E-state index in [1.54, 1.807) is 19.3 Å². The minimum Gasteiger partial charge on any atom is -0.310 e. The summed E-state index contributed by atoms with van der Waals surface area (Å²) in [4.78, 5) is 6.41. The highest BCUT2D eigenvalue weighted by atomic mass is 19.1. The van der Waals surface area contributed by atoms with Gasteiger partial charge in [0.25, 0.3) is 0 Å². The van der Waals surface area contributed by atoms with Crippen LogP contribution >= 0.6 is 0 Å². The Labute approximate surface area is 141 Å². The molecule has 0 saturated heterocycles. The Morgan fingerprint density at radius 1 is 1.12 bits per heavy atom. The highest BCUT2D eigenvalue weighted by Gasteiger charge is 2.33. The number of H-pyrrole nitrogens is 1. The summed E-state index contributed by atoms with van der Waals surface area (Å²) < 4.78 is 31.2. The second-order valence-corrected chi connectivity index (χ2v) is 6.28. The standard InChI is InChI=1S/C17H14F2N6/c1-9-5-11(18)14(12(19)6-9)16-22-13-8-20-23-15(13)10-7-21-25-4-2-3-24(16)17(10)25/h5-8H,2-4H2,1H3,(H,20,23). The summed E-state index contributed by atoms with van der Waals surface area (Å²) in [6.07, 6.45) is 4.11. The van der Waals surface area contributed by atoms with Gasteiger partial charge in [-0.1, -0.05) is 0 Å². The third-order valence-electron chi connectivity index (χ3n) is 4.60. The largest absolute Gasteiger partial charge is 0.310 e. The van der Waals surface area contributed by atoms with Crippen LogP contribution < -0.4 is 4.90 Å². The lowest BCUT2D eigenvalue weighted by Crippen LogP contribution is -2.39. The Hall–Kier alpha value is -3.03. The number of hydrogen-bond donors (Lipinski definition) is 1. The minimum atomic E-state index is -0.624. The lowest BCUT2D eigenvalue weighted by molar-refractivity contribution is 0.543. The number of nitrogens with zero attached hydrogens (tertiary/aromatic N) is 5. The normalized spacial score (nSPS) is 15.5. The monoisotopic (exact) mass is 340 g/mol. The van der Waals surface area contributed by atoms with Gasteiger partial charge < -0.3 is 4.90 Å². The molecule has 2 aliphatic rings. The maximum atomic E-state index is 14.7. The second-order valence-electron chi connectivity index (χ2n) is 6.28. The average molecular weight is 340 g/mol. The van der Waals surface area contributed by atoms with Crippen LogP contribution in [0.4, 0.5) is 20.3 Å². The van der Waals surface area contributed by atoms with Crippen molar-refractivity contribution in [3.63, 3.8) is 0 Å². The number of amidine groups is 1. The van der Waals surface area contributed by atoms with Crippen LogP contribution in [0, 0.1) is 18.6 Å². The molecule has 0 atom stereocenters. The van der Waals surface area contributed by atoms with E-state index >= 15 is 0 Å². The van der Waals surface area contributed by atoms with Crippen LogP contribution in [0.2, 0.25) is 0 Å². The number of anilines is 1. The van der Waals surface area contributed by atoms with Crippen LogP contribution in [0.1, 0.15) is 17.5 Å². The number of aliphatic imine (C=N–C) groups is 1. The fourth-order valence-electron chi connectivity index (χ4n) is 3.54. The molecule has 0 amide bonds. The van der Waals surface area contributed by atoms with E-state index in [-0.39, 0.29) is 11.4 Å². The van der Waals surface area contributed by atoms with E-state index in [0.29, 0.717) is 23.5 Å². The molecule has 0 aliphatic carbocycles. The van der Waals surface area contributed by atoms with Gasteiger partial charge in [0.15, 0.2) is 0 Å². The quantitative estimate of drug-likeness (QED) is 0.740. The Kier molecular flexibility index (Phi) is 2.85. The predicted octanol–water partition coefficient (Wildman–Crippen LogP) is 3.16. The molecule has 1 N–H and O–H groups in total. The van der Waals surface area contributed by atoms with E-state index < -0.39 is 11.6 Å². The van der Waals surface area contributed by atoms with Gasteiger partial charge in [-0.15, -0.1) is 0 Å². The van der Waals surface area contributed by atoms with Gasteiger partial charge in [0.05, 0.1) is 29.2 Å². The van der Waals surface area contributed by atoms with Crippen LogP contribution in [0.15, 0.2) is 29.5 Å². The molecule has 0 spiro atoms. The van der Waals surface area contributed by atoms with E-state index in [1.165, 1.54) is 12.1 Å². The Morgan fingerprint density at radius 2 is 1.92 bits per heavy atom. The molecular weight excluding hydrogens is 326 g/mol. The molecule has 126 valence electrons. The Balaban J connectivity index is 1.83. The van der Waals surface area contributed by atoms with Gasteiger partial charge in [-0.3, -0.25) is 5.10 Å². The first-order valence-electron chi connectivity index (χ1n) is 8.05. The first-order chi connectivity index (χ1) is 12.1. The zero-order valence-electron chi connectivity index (χ0n) is 13.4. The molecule has 0 radical (unpaired) electrons. The van der Waals surface area contributed by atoms with Crippen molar-refractivity contribution in [1.29, 1.82) is 0 Å². The Morgan fingerprint density at radius 3 is 2.72 bits per heavy atom. The maximum Gasteiger partial charge on any atom is 0.148 e. The van der Waals surface area contributed by atoms with Crippen molar-refractivity contribution in [3.05, 3.63) is 47.3 Å². The van der Waals surface area contributed by atoms with Crippen molar-refractivity contribution in [3.8, 4) is 11.3 Å². The molecule has 5 rings (SSSR count). The molecule has 0 unspecified atom stereocenters. The predicted molar refractivity (Wildman–Crippen MR) is 89.1 cm³/mol. The van der Waals surface area contributed by atoms with Gasteiger partial charge in [-0.2, -0.15) is 10.2 Å². The number of rotatable bonds is 1. The van der Waals surface area contributed by atoms with Crippen molar-refractivity contribution in [2.45, 2.75) is 19.9 Å². The second kappa shape index (κ2) is 4.98. The van der Waals surface area contributed by atoms with E-state index in [0.717, 1.165) is 24.3 Å². The first kappa shape index (κ1) is 14.3. The summed E-state index contributed by atoms with van der Waals surface area (Å²) in [6, 6.07) is 2.65. The smallest absolute Gasteiger partial charge is 0.148 e. The molecule has 0 fully saturated rings. The lowest BCUT2D eigenvalue weighted by atomic mass is 10.1. The number of aromatic amines is 1. The van der Waals surface area contributed by atoms with Crippen molar-refractivity contribution >= 4 is 17.3 Å². The Bertz CT molecular complexity index is 1010. The molecule has 1 aromatic carbocycles. The fourth-order valence-corrected chi connectivity index (χ4v) is 3.54. The van der Waals surface area contributed by atoms with Crippen LogP contribution in [0.25, 0.3) is 11.3 Å². The third-order valence-corrected chi connectivity index (χ3v) is 4.60. The van der Waals surface area contributed by atoms with Gasteiger partial charge in [0.1, 0.15) is 29.0 Å².